The number of H-pyrrole nitrogens is 1. The van der Waals surface area contributed by atoms with Crippen molar-refractivity contribution in [3.05, 3.63) is 53.5 Å². The fourth-order valence-electron chi connectivity index (χ4n) is 2.83. The molecule has 122 valence electrons. The molecule has 0 bridgehead atoms. The summed E-state index contributed by atoms with van der Waals surface area (Å²) in [5, 5.41) is 23.0. The summed E-state index contributed by atoms with van der Waals surface area (Å²) >= 11 is 3.36. The first-order chi connectivity index (χ1) is 12.2. The first-order valence-corrected chi connectivity index (χ1v) is 9.42. The van der Waals surface area contributed by atoms with Gasteiger partial charge in [0.1, 0.15) is 5.01 Å². The number of benzene rings is 2. The summed E-state index contributed by atoms with van der Waals surface area (Å²) in [5.41, 5.74) is 3.09. The van der Waals surface area contributed by atoms with Gasteiger partial charge < -0.3 is 5.32 Å². The van der Waals surface area contributed by atoms with Crippen molar-refractivity contribution in [1.82, 2.24) is 20.4 Å². The quantitative estimate of drug-likeness (QED) is 0.453. The smallest absolute Gasteiger partial charge is 0.210 e. The predicted octanol–water partition coefficient (Wildman–Crippen LogP) is 5.35. The van der Waals surface area contributed by atoms with Crippen molar-refractivity contribution in [3.63, 3.8) is 0 Å². The van der Waals surface area contributed by atoms with E-state index in [4.69, 9.17) is 0 Å². The van der Waals surface area contributed by atoms with Crippen LogP contribution in [0.3, 0.4) is 0 Å². The average Bonchev–Trinajstić information content (AvgIpc) is 3.32. The van der Waals surface area contributed by atoms with Gasteiger partial charge in [0.2, 0.25) is 5.13 Å². The number of aromatic nitrogens is 4. The van der Waals surface area contributed by atoms with Gasteiger partial charge in [0.15, 0.2) is 0 Å². The number of nitrogens with one attached hydrogen (secondary N) is 2. The fourth-order valence-corrected chi connectivity index (χ4v) is 4.55. The molecule has 25 heavy (non-hydrogen) atoms. The number of anilines is 2. The first kappa shape index (κ1) is 14.6. The third-order valence-corrected chi connectivity index (χ3v) is 5.91. The molecule has 2 N–H and O–H groups in total. The third kappa shape index (κ3) is 2.67. The van der Waals surface area contributed by atoms with Crippen LogP contribution < -0.4 is 5.32 Å². The second-order valence-corrected chi connectivity index (χ2v) is 8.08. The van der Waals surface area contributed by atoms with Crippen molar-refractivity contribution in [1.29, 1.82) is 0 Å². The number of thiophene rings is 1. The van der Waals surface area contributed by atoms with E-state index in [9.17, 15) is 0 Å². The molecule has 5 rings (SSSR count). The summed E-state index contributed by atoms with van der Waals surface area (Å²) in [6.07, 6.45) is 1.81. The lowest BCUT2D eigenvalue weighted by atomic mass is 10.2. The minimum Gasteiger partial charge on any atom is -0.330 e. The molecule has 0 amide bonds. The van der Waals surface area contributed by atoms with Crippen molar-refractivity contribution in [2.75, 3.05) is 5.32 Å². The maximum Gasteiger partial charge on any atom is 0.210 e. The van der Waals surface area contributed by atoms with Crippen LogP contribution in [0.5, 0.6) is 0 Å². The van der Waals surface area contributed by atoms with Crippen molar-refractivity contribution >= 4 is 54.5 Å². The largest absolute Gasteiger partial charge is 0.330 e. The molecule has 0 unspecified atom stereocenters. The Balaban J connectivity index is 1.45. The Kier molecular flexibility index (Phi) is 3.29. The second kappa shape index (κ2) is 5.65. The highest BCUT2D eigenvalue weighted by Crippen LogP contribution is 2.33. The number of hydrogen-bond donors (Lipinski definition) is 2. The van der Waals surface area contributed by atoms with E-state index >= 15 is 0 Å². The van der Waals surface area contributed by atoms with Gasteiger partial charge in [-0.25, -0.2) is 0 Å². The van der Waals surface area contributed by atoms with Crippen LogP contribution in [0.25, 0.3) is 31.6 Å². The number of aromatic amines is 1. The molecule has 5 aromatic rings. The summed E-state index contributed by atoms with van der Waals surface area (Å²) < 4.78 is 1.28. The molecular formula is C18H13N5S2. The summed E-state index contributed by atoms with van der Waals surface area (Å²) in [7, 11) is 0. The van der Waals surface area contributed by atoms with Crippen LogP contribution in [0.2, 0.25) is 0 Å². The zero-order valence-corrected chi connectivity index (χ0v) is 14.9. The molecule has 0 atom stereocenters. The van der Waals surface area contributed by atoms with Gasteiger partial charge in [0.05, 0.1) is 11.7 Å². The van der Waals surface area contributed by atoms with Gasteiger partial charge in [-0.1, -0.05) is 23.5 Å². The SMILES string of the molecule is Cc1cc2ccc(-c3nnc(Nc4ccc5[nH]ncc5c4)s3)cc2s1. The summed E-state index contributed by atoms with van der Waals surface area (Å²) in [6, 6.07) is 14.7. The number of hydrogen-bond acceptors (Lipinski definition) is 6. The molecule has 0 saturated heterocycles. The number of nitrogens with zero attached hydrogens (tertiary/aromatic N) is 3. The van der Waals surface area contributed by atoms with E-state index < -0.39 is 0 Å². The molecule has 2 aromatic carbocycles. The zero-order chi connectivity index (χ0) is 16.8. The molecule has 7 heteroatoms. The topological polar surface area (TPSA) is 66.5 Å². The van der Waals surface area contributed by atoms with E-state index in [1.165, 1.54) is 15.0 Å². The van der Waals surface area contributed by atoms with Crippen molar-refractivity contribution < 1.29 is 0 Å². The van der Waals surface area contributed by atoms with Crippen LogP contribution in [0, 0.1) is 6.92 Å². The van der Waals surface area contributed by atoms with Gasteiger partial charge in [0.25, 0.3) is 0 Å². The van der Waals surface area contributed by atoms with E-state index in [2.05, 4.69) is 56.9 Å². The molecule has 5 nitrogen and oxygen atoms in total. The van der Waals surface area contributed by atoms with Gasteiger partial charge in [-0.05, 0) is 42.6 Å². The van der Waals surface area contributed by atoms with E-state index in [0.29, 0.717) is 0 Å². The third-order valence-electron chi connectivity index (χ3n) is 4.01. The standard InChI is InChI=1S/C18H13N5S2/c1-10-6-11-2-3-12(8-16(11)24-10)17-22-23-18(25-17)20-14-4-5-15-13(7-14)9-19-21-15/h2-9H,1H3,(H,19,21)(H,20,23). The van der Waals surface area contributed by atoms with Gasteiger partial charge >= 0.3 is 0 Å². The number of rotatable bonds is 3. The molecule has 0 radical (unpaired) electrons. The minimum absolute atomic E-state index is 0.778. The zero-order valence-electron chi connectivity index (χ0n) is 13.3. The Morgan fingerprint density at radius 2 is 1.92 bits per heavy atom. The van der Waals surface area contributed by atoms with E-state index in [1.54, 1.807) is 22.7 Å². The van der Waals surface area contributed by atoms with E-state index in [0.717, 1.165) is 32.3 Å². The van der Waals surface area contributed by atoms with Crippen LogP contribution >= 0.6 is 22.7 Å². The van der Waals surface area contributed by atoms with Gasteiger partial charge in [-0.2, -0.15) is 5.10 Å². The first-order valence-electron chi connectivity index (χ1n) is 7.79. The van der Waals surface area contributed by atoms with Crippen molar-refractivity contribution in [2.24, 2.45) is 0 Å². The molecule has 0 aliphatic carbocycles. The van der Waals surface area contributed by atoms with Crippen molar-refractivity contribution in [2.45, 2.75) is 6.92 Å². The van der Waals surface area contributed by atoms with Crippen LogP contribution in [0.4, 0.5) is 10.8 Å². The lowest BCUT2D eigenvalue weighted by Gasteiger charge is -2.01. The lowest BCUT2D eigenvalue weighted by Crippen LogP contribution is -1.88. The molecule has 0 saturated carbocycles. The highest BCUT2D eigenvalue weighted by molar-refractivity contribution is 7.19. The summed E-state index contributed by atoms with van der Waals surface area (Å²) in [6.45, 7) is 2.13. The second-order valence-electron chi connectivity index (χ2n) is 5.82. The summed E-state index contributed by atoms with van der Waals surface area (Å²) in [5.74, 6) is 0. The molecule has 0 fully saturated rings. The molecule has 3 aromatic heterocycles. The minimum atomic E-state index is 0.778. The fraction of sp³-hybridized carbons (Fsp3) is 0.0556. The molecule has 0 aliphatic rings. The Hall–Kier alpha value is -2.77. The number of aryl methyl sites for hydroxylation is 1. The Labute approximate surface area is 151 Å². The normalized spacial score (nSPS) is 11.4. The monoisotopic (exact) mass is 363 g/mol. The van der Waals surface area contributed by atoms with Gasteiger partial charge in [0, 0.05) is 26.2 Å². The molecule has 0 aliphatic heterocycles. The van der Waals surface area contributed by atoms with Crippen LogP contribution in [-0.4, -0.2) is 20.4 Å². The van der Waals surface area contributed by atoms with Crippen LogP contribution in [-0.2, 0) is 0 Å². The highest BCUT2D eigenvalue weighted by atomic mass is 32.1. The lowest BCUT2D eigenvalue weighted by molar-refractivity contribution is 1.10. The maximum absolute atomic E-state index is 4.34. The van der Waals surface area contributed by atoms with Crippen LogP contribution in [0.1, 0.15) is 4.88 Å². The van der Waals surface area contributed by atoms with E-state index in [1.807, 2.05) is 24.4 Å². The highest BCUT2D eigenvalue weighted by Gasteiger charge is 2.09. The maximum atomic E-state index is 4.34. The summed E-state index contributed by atoms with van der Waals surface area (Å²) in [4.78, 5) is 1.32. The van der Waals surface area contributed by atoms with Gasteiger partial charge in [-0.15, -0.1) is 21.5 Å². The Morgan fingerprint density at radius 3 is 2.88 bits per heavy atom. The molecular weight excluding hydrogens is 350 g/mol. The molecule has 0 spiro atoms. The predicted molar refractivity (Wildman–Crippen MR) is 105 cm³/mol. The average molecular weight is 363 g/mol. The number of fused-ring (bicyclic) bond motifs is 2. The Bertz CT molecular complexity index is 1200. The van der Waals surface area contributed by atoms with E-state index in [-0.39, 0.29) is 0 Å². The Morgan fingerprint density at radius 1 is 0.960 bits per heavy atom. The molecule has 3 heterocycles. The van der Waals surface area contributed by atoms with Crippen molar-refractivity contribution in [3.8, 4) is 10.6 Å². The van der Waals surface area contributed by atoms with Crippen LogP contribution in [0.15, 0.2) is 48.7 Å². The van der Waals surface area contributed by atoms with Gasteiger partial charge in [-0.3, -0.25) is 5.10 Å².